The van der Waals surface area contributed by atoms with Crippen LogP contribution in [-0.4, -0.2) is 32.5 Å². The maximum atomic E-state index is 11.9. The van der Waals surface area contributed by atoms with Gasteiger partial charge in [-0.25, -0.2) is 0 Å². The van der Waals surface area contributed by atoms with Crippen LogP contribution in [0.15, 0.2) is 0 Å². The zero-order chi connectivity index (χ0) is 14.9. The van der Waals surface area contributed by atoms with Crippen molar-refractivity contribution in [1.82, 2.24) is 5.32 Å². The minimum Gasteiger partial charge on any atom is -0.372 e. The van der Waals surface area contributed by atoms with E-state index in [2.05, 4.69) is 37.7 Å². The predicted octanol–water partition coefficient (Wildman–Crippen LogP) is 4.01. The summed E-state index contributed by atoms with van der Waals surface area (Å²) in [6.07, 6.45) is -1.65. The van der Waals surface area contributed by atoms with E-state index < -0.39 is 12.8 Å². The first kappa shape index (κ1) is 18.7. The Labute approximate surface area is 115 Å². The molecule has 2 nitrogen and oxygen atoms in total. The van der Waals surface area contributed by atoms with E-state index >= 15 is 0 Å². The summed E-state index contributed by atoms with van der Waals surface area (Å²) in [5.74, 6) is 0.608. The third-order valence-electron chi connectivity index (χ3n) is 3.29. The molecular formula is C14H28F3NO. The molecule has 0 saturated carbocycles. The van der Waals surface area contributed by atoms with Crippen LogP contribution in [0.2, 0.25) is 0 Å². The second-order valence-electron chi connectivity index (χ2n) is 5.96. The first-order valence-corrected chi connectivity index (χ1v) is 7.04. The Morgan fingerprint density at radius 3 is 2.32 bits per heavy atom. The maximum Gasteiger partial charge on any atom is 0.411 e. The Hall–Kier alpha value is -0.290. The fourth-order valence-electron chi connectivity index (χ4n) is 1.84. The van der Waals surface area contributed by atoms with Crippen molar-refractivity contribution in [3.63, 3.8) is 0 Å². The molecule has 0 aliphatic rings. The van der Waals surface area contributed by atoms with Gasteiger partial charge in [0.25, 0.3) is 0 Å². The van der Waals surface area contributed by atoms with Crippen molar-refractivity contribution in [2.75, 3.05) is 26.3 Å². The largest absolute Gasteiger partial charge is 0.411 e. The zero-order valence-electron chi connectivity index (χ0n) is 12.6. The molecule has 0 aromatic rings. The van der Waals surface area contributed by atoms with Crippen LogP contribution in [0, 0.1) is 11.3 Å². The molecule has 0 amide bonds. The highest BCUT2D eigenvalue weighted by Gasteiger charge is 2.27. The highest BCUT2D eigenvalue weighted by Crippen LogP contribution is 2.26. The van der Waals surface area contributed by atoms with E-state index in [0.29, 0.717) is 12.3 Å². The van der Waals surface area contributed by atoms with E-state index in [0.717, 1.165) is 25.9 Å². The van der Waals surface area contributed by atoms with Gasteiger partial charge < -0.3 is 10.1 Å². The molecule has 0 aliphatic heterocycles. The summed E-state index contributed by atoms with van der Waals surface area (Å²) in [6, 6.07) is 0. The van der Waals surface area contributed by atoms with Crippen LogP contribution in [0.4, 0.5) is 13.2 Å². The number of halogens is 3. The Bertz CT molecular complexity index is 231. The van der Waals surface area contributed by atoms with Crippen LogP contribution in [0.25, 0.3) is 0 Å². The van der Waals surface area contributed by atoms with E-state index in [1.54, 1.807) is 0 Å². The average Bonchev–Trinajstić information content (AvgIpc) is 2.26. The molecule has 0 aliphatic carbocycles. The van der Waals surface area contributed by atoms with Crippen molar-refractivity contribution in [2.24, 2.45) is 11.3 Å². The molecule has 0 radical (unpaired) electrons. The van der Waals surface area contributed by atoms with Crippen molar-refractivity contribution < 1.29 is 17.9 Å². The lowest BCUT2D eigenvalue weighted by Crippen LogP contribution is -2.33. The molecule has 5 heteroatoms. The fourth-order valence-corrected chi connectivity index (χ4v) is 1.84. The normalized spacial score (nSPS) is 15.8. The molecular weight excluding hydrogens is 255 g/mol. The molecule has 19 heavy (non-hydrogen) atoms. The van der Waals surface area contributed by atoms with Gasteiger partial charge in [-0.2, -0.15) is 13.2 Å². The standard InChI is InChI=1S/C14H28F3NO/c1-5-13(4,10-18-9-12(2)3)7-6-8-19-11-14(15,16)17/h12,18H,5-11H2,1-4H3. The molecule has 1 atom stereocenters. The monoisotopic (exact) mass is 283 g/mol. The minimum absolute atomic E-state index is 0.135. The Morgan fingerprint density at radius 2 is 1.84 bits per heavy atom. The summed E-state index contributed by atoms with van der Waals surface area (Å²) in [7, 11) is 0. The van der Waals surface area contributed by atoms with E-state index in [-0.39, 0.29) is 12.0 Å². The molecule has 0 fully saturated rings. The fraction of sp³-hybridized carbons (Fsp3) is 1.00. The quantitative estimate of drug-likeness (QED) is 0.612. The van der Waals surface area contributed by atoms with Crippen LogP contribution in [0.3, 0.4) is 0 Å². The first-order valence-electron chi connectivity index (χ1n) is 7.04. The summed E-state index contributed by atoms with van der Waals surface area (Å²) >= 11 is 0. The van der Waals surface area contributed by atoms with Gasteiger partial charge in [0, 0.05) is 13.2 Å². The molecule has 1 N–H and O–H groups in total. The summed E-state index contributed by atoms with van der Waals surface area (Å²) in [4.78, 5) is 0. The van der Waals surface area contributed by atoms with Gasteiger partial charge in [0.2, 0.25) is 0 Å². The Kier molecular flexibility index (Phi) is 8.66. The van der Waals surface area contributed by atoms with Crippen molar-refractivity contribution in [3.8, 4) is 0 Å². The van der Waals surface area contributed by atoms with Gasteiger partial charge in [-0.05, 0) is 37.1 Å². The van der Waals surface area contributed by atoms with Crippen LogP contribution in [0.5, 0.6) is 0 Å². The third-order valence-corrected chi connectivity index (χ3v) is 3.29. The lowest BCUT2D eigenvalue weighted by atomic mass is 9.82. The van der Waals surface area contributed by atoms with Gasteiger partial charge in [0.15, 0.2) is 0 Å². The highest BCUT2D eigenvalue weighted by atomic mass is 19.4. The summed E-state index contributed by atoms with van der Waals surface area (Å²) in [5.41, 5.74) is 0.135. The average molecular weight is 283 g/mol. The number of ether oxygens (including phenoxy) is 1. The number of rotatable bonds is 10. The highest BCUT2D eigenvalue weighted by molar-refractivity contribution is 4.75. The molecule has 1 unspecified atom stereocenters. The van der Waals surface area contributed by atoms with Gasteiger partial charge in [0.1, 0.15) is 6.61 Å². The molecule has 0 spiro atoms. The lowest BCUT2D eigenvalue weighted by Gasteiger charge is -2.29. The Balaban J connectivity index is 3.78. The summed E-state index contributed by atoms with van der Waals surface area (Å²) in [6.45, 7) is 9.52. The predicted molar refractivity (Wildman–Crippen MR) is 72.2 cm³/mol. The maximum absolute atomic E-state index is 11.9. The van der Waals surface area contributed by atoms with E-state index in [1.807, 2.05) is 0 Å². The van der Waals surface area contributed by atoms with Gasteiger partial charge in [0.05, 0.1) is 0 Å². The molecule has 0 saturated heterocycles. The smallest absolute Gasteiger partial charge is 0.372 e. The van der Waals surface area contributed by atoms with Gasteiger partial charge in [-0.1, -0.05) is 27.7 Å². The van der Waals surface area contributed by atoms with Crippen LogP contribution >= 0.6 is 0 Å². The third kappa shape index (κ3) is 11.3. The lowest BCUT2D eigenvalue weighted by molar-refractivity contribution is -0.174. The molecule has 0 rings (SSSR count). The topological polar surface area (TPSA) is 21.3 Å². The second-order valence-corrected chi connectivity index (χ2v) is 5.96. The molecule has 0 aromatic carbocycles. The van der Waals surface area contributed by atoms with Crippen molar-refractivity contribution in [2.45, 2.75) is 53.1 Å². The van der Waals surface area contributed by atoms with Crippen molar-refractivity contribution in [1.29, 1.82) is 0 Å². The number of alkyl halides is 3. The zero-order valence-corrected chi connectivity index (χ0v) is 12.6. The van der Waals surface area contributed by atoms with Gasteiger partial charge in [-0.3, -0.25) is 0 Å². The molecule has 0 bridgehead atoms. The molecule has 0 aromatic heterocycles. The van der Waals surface area contributed by atoms with Crippen molar-refractivity contribution in [3.05, 3.63) is 0 Å². The molecule has 116 valence electrons. The van der Waals surface area contributed by atoms with Gasteiger partial charge >= 0.3 is 6.18 Å². The van der Waals surface area contributed by atoms with Crippen molar-refractivity contribution >= 4 is 0 Å². The molecule has 0 heterocycles. The number of nitrogens with one attached hydrogen (secondary N) is 1. The van der Waals surface area contributed by atoms with E-state index in [9.17, 15) is 13.2 Å². The number of hydrogen-bond acceptors (Lipinski definition) is 2. The SMILES string of the molecule is CCC(C)(CCCOCC(F)(F)F)CNCC(C)C. The van der Waals surface area contributed by atoms with Crippen LogP contribution < -0.4 is 5.32 Å². The summed E-state index contributed by atoms with van der Waals surface area (Å²) < 4.78 is 40.3. The van der Waals surface area contributed by atoms with Crippen LogP contribution in [0.1, 0.15) is 47.0 Å². The van der Waals surface area contributed by atoms with E-state index in [4.69, 9.17) is 0 Å². The van der Waals surface area contributed by atoms with Crippen LogP contribution in [-0.2, 0) is 4.74 Å². The van der Waals surface area contributed by atoms with E-state index in [1.165, 1.54) is 0 Å². The minimum atomic E-state index is -4.22. The summed E-state index contributed by atoms with van der Waals surface area (Å²) in [5, 5.41) is 3.42. The Morgan fingerprint density at radius 1 is 1.21 bits per heavy atom. The number of hydrogen-bond donors (Lipinski definition) is 1. The first-order chi connectivity index (χ1) is 8.68. The second kappa shape index (κ2) is 8.80. The van der Waals surface area contributed by atoms with Gasteiger partial charge in [-0.15, -0.1) is 0 Å².